The molecule has 0 saturated heterocycles. The number of benzene rings is 2. The molecule has 41 heavy (non-hydrogen) atoms. The van der Waals surface area contributed by atoms with E-state index in [0.717, 1.165) is 43.2 Å². The van der Waals surface area contributed by atoms with Crippen molar-refractivity contribution in [2.75, 3.05) is 7.11 Å². The Morgan fingerprint density at radius 3 is 2.56 bits per heavy atom. The van der Waals surface area contributed by atoms with Crippen molar-refractivity contribution in [1.82, 2.24) is 0 Å². The molecule has 4 aliphatic rings. The molecule has 8 heteroatoms. The first-order valence-corrected chi connectivity index (χ1v) is 15.2. The molecule has 4 atom stereocenters. The molecule has 2 bridgehead atoms. The standard InChI is InChI=1S/C33H39ClO7/c1-16(2)12-23(35)21-10-11-24-26(28(21)38-5)31(36)39-15-22-27(34)17(3)25(19-7-8-19)30(29(22)40-24)41-32(37)33(4)14-18-6-9-20(33)13-18/h10-11,16,18-20,23,35H,6-9,12-15H2,1-5H3/t18?,20?,23-,33?/m0/s1. The van der Waals surface area contributed by atoms with Gasteiger partial charge in [0, 0.05) is 11.1 Å². The molecule has 3 fully saturated rings. The van der Waals surface area contributed by atoms with Crippen LogP contribution < -0.4 is 14.2 Å². The topological polar surface area (TPSA) is 91.3 Å². The van der Waals surface area contributed by atoms with E-state index in [1.54, 1.807) is 12.1 Å². The summed E-state index contributed by atoms with van der Waals surface area (Å²) in [4.78, 5) is 27.3. The molecule has 3 saturated carbocycles. The Bertz CT molecular complexity index is 1410. The minimum absolute atomic E-state index is 0.0838. The zero-order valence-corrected chi connectivity index (χ0v) is 25.2. The summed E-state index contributed by atoms with van der Waals surface area (Å²) < 4.78 is 24.3. The number of ether oxygens (including phenoxy) is 4. The lowest BCUT2D eigenvalue weighted by Crippen LogP contribution is -2.37. The smallest absolute Gasteiger partial charge is 0.346 e. The Morgan fingerprint density at radius 1 is 1.20 bits per heavy atom. The molecule has 220 valence electrons. The number of rotatable bonds is 7. The second-order valence-corrected chi connectivity index (χ2v) is 13.4. The van der Waals surface area contributed by atoms with E-state index in [0.29, 0.717) is 45.9 Å². The maximum Gasteiger partial charge on any atom is 0.346 e. The zero-order valence-electron chi connectivity index (χ0n) is 24.5. The van der Waals surface area contributed by atoms with Crippen molar-refractivity contribution in [3.05, 3.63) is 45.0 Å². The maximum absolute atomic E-state index is 13.9. The van der Waals surface area contributed by atoms with Crippen LogP contribution in [0.25, 0.3) is 0 Å². The van der Waals surface area contributed by atoms with Crippen molar-refractivity contribution >= 4 is 23.5 Å². The first-order chi connectivity index (χ1) is 19.5. The van der Waals surface area contributed by atoms with E-state index in [9.17, 15) is 14.7 Å². The minimum Gasteiger partial charge on any atom is -0.495 e. The summed E-state index contributed by atoms with van der Waals surface area (Å²) in [6.45, 7) is 7.83. The monoisotopic (exact) mass is 582 g/mol. The van der Waals surface area contributed by atoms with Gasteiger partial charge in [0.1, 0.15) is 23.7 Å². The van der Waals surface area contributed by atoms with E-state index in [2.05, 4.69) is 0 Å². The van der Waals surface area contributed by atoms with Crippen LogP contribution in [0.15, 0.2) is 12.1 Å². The van der Waals surface area contributed by atoms with Crippen molar-refractivity contribution in [2.24, 2.45) is 23.2 Å². The fourth-order valence-corrected chi connectivity index (χ4v) is 7.62. The summed E-state index contributed by atoms with van der Waals surface area (Å²) in [5, 5.41) is 11.4. The Hall–Kier alpha value is -2.77. The van der Waals surface area contributed by atoms with E-state index in [4.69, 9.17) is 30.5 Å². The number of fused-ring (bicyclic) bond motifs is 4. The average Bonchev–Trinajstić information content (AvgIpc) is 3.56. The quantitative estimate of drug-likeness (QED) is 0.263. The third kappa shape index (κ3) is 4.79. The lowest BCUT2D eigenvalue weighted by atomic mass is 9.75. The van der Waals surface area contributed by atoms with Gasteiger partial charge in [-0.1, -0.05) is 31.9 Å². The van der Waals surface area contributed by atoms with Crippen molar-refractivity contribution in [3.63, 3.8) is 0 Å². The SMILES string of the molecule is COc1c([C@@H](O)CC(C)C)ccc2c1C(=O)OCc1c(Cl)c(C)c(C3CC3)c(OC(=O)C3(C)CC4CCC3C4)c1O2. The van der Waals surface area contributed by atoms with E-state index < -0.39 is 17.5 Å². The molecule has 3 unspecified atom stereocenters. The molecule has 1 aliphatic heterocycles. The minimum atomic E-state index is -0.835. The number of hydrogen-bond acceptors (Lipinski definition) is 7. The number of aliphatic hydroxyl groups is 1. The van der Waals surface area contributed by atoms with Crippen LogP contribution in [0.5, 0.6) is 23.0 Å². The number of hydrogen-bond donors (Lipinski definition) is 1. The van der Waals surface area contributed by atoms with Gasteiger partial charge in [0.25, 0.3) is 0 Å². The van der Waals surface area contributed by atoms with Crippen LogP contribution in [-0.4, -0.2) is 24.2 Å². The molecule has 7 nitrogen and oxygen atoms in total. The molecule has 3 aliphatic carbocycles. The zero-order chi connectivity index (χ0) is 29.2. The molecule has 0 amide bonds. The van der Waals surface area contributed by atoms with E-state index in [1.807, 2.05) is 27.7 Å². The lowest BCUT2D eigenvalue weighted by Gasteiger charge is -2.32. The van der Waals surface area contributed by atoms with Crippen LogP contribution in [0, 0.1) is 30.1 Å². The van der Waals surface area contributed by atoms with Crippen molar-refractivity contribution in [1.29, 1.82) is 0 Å². The number of cyclic esters (lactones) is 1. The third-order valence-electron chi connectivity index (χ3n) is 9.70. The van der Waals surface area contributed by atoms with E-state index in [1.165, 1.54) is 13.5 Å². The lowest BCUT2D eigenvalue weighted by molar-refractivity contribution is -0.148. The van der Waals surface area contributed by atoms with Gasteiger partial charge in [0.05, 0.1) is 29.2 Å². The molecule has 1 heterocycles. The maximum atomic E-state index is 13.9. The second kappa shape index (κ2) is 10.5. The molecule has 0 aromatic heterocycles. The summed E-state index contributed by atoms with van der Waals surface area (Å²) in [6, 6.07) is 3.35. The molecule has 0 radical (unpaired) electrons. The number of carbonyl (C=O) groups excluding carboxylic acids is 2. The van der Waals surface area contributed by atoms with Gasteiger partial charge in [0.15, 0.2) is 11.5 Å². The predicted molar refractivity (Wildman–Crippen MR) is 154 cm³/mol. The molecule has 1 N–H and O–H groups in total. The predicted octanol–water partition coefficient (Wildman–Crippen LogP) is 7.81. The fraction of sp³-hybridized carbons (Fsp3) is 0.576. The second-order valence-electron chi connectivity index (χ2n) is 13.0. The Morgan fingerprint density at radius 2 is 1.95 bits per heavy atom. The average molecular weight is 583 g/mol. The van der Waals surface area contributed by atoms with Gasteiger partial charge in [-0.3, -0.25) is 4.79 Å². The van der Waals surface area contributed by atoms with E-state index >= 15 is 0 Å². The first kappa shape index (κ1) is 28.4. The van der Waals surface area contributed by atoms with Crippen LogP contribution >= 0.6 is 11.6 Å². The molecular weight excluding hydrogens is 544 g/mol. The first-order valence-electron chi connectivity index (χ1n) is 14.8. The number of carbonyl (C=O) groups is 2. The van der Waals surface area contributed by atoms with Gasteiger partial charge in [0.2, 0.25) is 0 Å². The van der Waals surface area contributed by atoms with Gasteiger partial charge >= 0.3 is 11.9 Å². The van der Waals surface area contributed by atoms with Gasteiger partial charge in [-0.25, -0.2) is 4.79 Å². The number of halogens is 1. The summed E-state index contributed by atoms with van der Waals surface area (Å²) in [7, 11) is 1.45. The summed E-state index contributed by atoms with van der Waals surface area (Å²) in [6.07, 6.45) is 5.74. The Labute approximate surface area is 246 Å². The third-order valence-corrected chi connectivity index (χ3v) is 10.2. The van der Waals surface area contributed by atoms with Gasteiger partial charge in [-0.2, -0.15) is 0 Å². The van der Waals surface area contributed by atoms with Crippen LogP contribution in [0.4, 0.5) is 0 Å². The van der Waals surface area contributed by atoms with Crippen LogP contribution in [-0.2, 0) is 16.1 Å². The highest BCUT2D eigenvalue weighted by molar-refractivity contribution is 6.32. The van der Waals surface area contributed by atoms with Crippen LogP contribution in [0.1, 0.15) is 110 Å². The molecule has 2 aromatic rings. The summed E-state index contributed by atoms with van der Waals surface area (Å²) in [5.74, 6) is 1.54. The molecule has 6 rings (SSSR count). The van der Waals surface area contributed by atoms with Gasteiger partial charge in [-0.05, 0) is 93.7 Å². The summed E-state index contributed by atoms with van der Waals surface area (Å²) in [5.41, 5.74) is 2.20. The van der Waals surface area contributed by atoms with E-state index in [-0.39, 0.29) is 41.5 Å². The highest BCUT2D eigenvalue weighted by Crippen LogP contribution is 2.59. The van der Waals surface area contributed by atoms with Crippen molar-refractivity contribution < 1.29 is 33.6 Å². The fourth-order valence-electron chi connectivity index (χ4n) is 7.38. The number of esters is 2. The highest BCUT2D eigenvalue weighted by Gasteiger charge is 2.54. The largest absolute Gasteiger partial charge is 0.495 e. The van der Waals surface area contributed by atoms with Gasteiger partial charge in [-0.15, -0.1) is 0 Å². The number of methoxy groups -OCH3 is 1. The Balaban J connectivity index is 1.47. The van der Waals surface area contributed by atoms with Crippen LogP contribution in [0.3, 0.4) is 0 Å². The number of aliphatic hydroxyl groups excluding tert-OH is 1. The van der Waals surface area contributed by atoms with Crippen molar-refractivity contribution in [2.45, 2.75) is 91.3 Å². The van der Waals surface area contributed by atoms with Crippen molar-refractivity contribution in [3.8, 4) is 23.0 Å². The van der Waals surface area contributed by atoms with Crippen LogP contribution in [0.2, 0.25) is 5.02 Å². The summed E-state index contributed by atoms with van der Waals surface area (Å²) >= 11 is 6.91. The molecular formula is C33H39ClO7. The molecule has 0 spiro atoms. The highest BCUT2D eigenvalue weighted by atomic mass is 35.5. The van der Waals surface area contributed by atoms with Gasteiger partial charge < -0.3 is 24.1 Å². The normalized spacial score (nSPS) is 25.5. The molecule has 2 aromatic carbocycles. The Kier molecular flexibility index (Phi) is 7.26.